The number of aryl methyl sites for hydroxylation is 1. The first-order chi connectivity index (χ1) is 8.77. The molecule has 0 bridgehead atoms. The maximum absolute atomic E-state index is 12.4. The van der Waals surface area contributed by atoms with Gasteiger partial charge in [-0.3, -0.25) is 4.90 Å². The van der Waals surface area contributed by atoms with Crippen molar-refractivity contribution in [2.45, 2.75) is 31.8 Å². The van der Waals surface area contributed by atoms with Crippen molar-refractivity contribution in [3.8, 4) is 0 Å². The highest BCUT2D eigenvalue weighted by molar-refractivity contribution is 5.17. The Balaban J connectivity index is 2.10. The zero-order chi connectivity index (χ0) is 14.2. The molecule has 2 rings (SSSR count). The average molecular weight is 276 g/mol. The second-order valence-corrected chi connectivity index (χ2v) is 4.73. The van der Waals surface area contributed by atoms with E-state index in [1.807, 2.05) is 4.90 Å². The number of nitrogens with zero attached hydrogens (tertiary/aromatic N) is 3. The van der Waals surface area contributed by atoms with Crippen LogP contribution in [0.2, 0.25) is 0 Å². The number of rotatable bonds is 2. The summed E-state index contributed by atoms with van der Waals surface area (Å²) in [7, 11) is 0. The van der Waals surface area contributed by atoms with Crippen LogP contribution in [0.25, 0.3) is 0 Å². The Hall–Kier alpha value is -1.25. The van der Waals surface area contributed by atoms with Crippen LogP contribution in [-0.4, -0.2) is 45.2 Å². The van der Waals surface area contributed by atoms with Gasteiger partial charge in [0.05, 0.1) is 6.10 Å². The van der Waals surface area contributed by atoms with E-state index in [4.69, 9.17) is 5.73 Å². The number of nitrogens with two attached hydrogens (primary N) is 1. The van der Waals surface area contributed by atoms with Gasteiger partial charge in [0.2, 0.25) is 5.82 Å². The highest BCUT2D eigenvalue weighted by atomic mass is 19.4. The first kappa shape index (κ1) is 14.2. The minimum Gasteiger partial charge on any atom is -0.390 e. The largest absolute Gasteiger partial charge is 0.451 e. The van der Waals surface area contributed by atoms with Crippen molar-refractivity contribution in [2.24, 2.45) is 5.73 Å². The summed E-state index contributed by atoms with van der Waals surface area (Å²) in [5.41, 5.74) is 6.56. The van der Waals surface area contributed by atoms with Gasteiger partial charge in [-0.2, -0.15) is 13.2 Å². The summed E-state index contributed by atoms with van der Waals surface area (Å²) < 4.78 is 37.3. The highest BCUT2D eigenvalue weighted by Gasteiger charge is 2.35. The van der Waals surface area contributed by atoms with Crippen LogP contribution >= 0.6 is 0 Å². The van der Waals surface area contributed by atoms with Crippen LogP contribution in [-0.2, 0) is 12.7 Å². The van der Waals surface area contributed by atoms with Gasteiger partial charge in [-0.15, -0.1) is 0 Å². The molecule has 1 fully saturated rings. The molecule has 0 spiro atoms. The Kier molecular flexibility index (Phi) is 3.75. The van der Waals surface area contributed by atoms with E-state index < -0.39 is 18.1 Å². The van der Waals surface area contributed by atoms with Crippen LogP contribution in [0, 0.1) is 6.92 Å². The second-order valence-electron chi connectivity index (χ2n) is 4.73. The van der Waals surface area contributed by atoms with Crippen LogP contribution in [0.4, 0.5) is 13.2 Å². The fraction of sp³-hybridized carbons (Fsp3) is 0.636. The second kappa shape index (κ2) is 5.03. The van der Waals surface area contributed by atoms with Gasteiger partial charge in [0, 0.05) is 43.1 Å². The number of hydrogen-bond donors (Lipinski definition) is 2. The van der Waals surface area contributed by atoms with Gasteiger partial charge < -0.3 is 10.8 Å². The molecule has 0 aromatic carbocycles. The third-order valence-corrected chi connectivity index (χ3v) is 3.14. The van der Waals surface area contributed by atoms with Gasteiger partial charge in [-0.1, -0.05) is 0 Å². The Bertz CT molecular complexity index is 456. The van der Waals surface area contributed by atoms with Crippen molar-refractivity contribution >= 4 is 0 Å². The van der Waals surface area contributed by atoms with Gasteiger partial charge in [0.15, 0.2) is 0 Å². The summed E-state index contributed by atoms with van der Waals surface area (Å²) in [5.74, 6) is -1.13. The van der Waals surface area contributed by atoms with Gasteiger partial charge in [-0.25, -0.2) is 9.97 Å². The number of aromatic nitrogens is 2. The number of hydrogen-bond acceptors (Lipinski definition) is 5. The number of halogens is 3. The molecule has 19 heavy (non-hydrogen) atoms. The first-order valence-corrected chi connectivity index (χ1v) is 5.83. The number of alkyl halides is 3. The molecular formula is C11H15F3N4O. The standard InChI is InChI=1S/C11H15F3N4O/c1-6-7(2-16-10(17-6)11(12,13)14)3-18-4-8(15)9(19)5-18/h2,8-9,19H,3-5,15H2,1H3/t8-,9-/m1/s1. The number of aliphatic hydroxyl groups is 1. The topological polar surface area (TPSA) is 75.3 Å². The molecule has 1 aliphatic heterocycles. The Morgan fingerprint density at radius 1 is 1.47 bits per heavy atom. The summed E-state index contributed by atoms with van der Waals surface area (Å²) in [4.78, 5) is 8.67. The lowest BCUT2D eigenvalue weighted by molar-refractivity contribution is -0.145. The predicted octanol–water partition coefficient (Wildman–Crippen LogP) is 0.308. The van der Waals surface area contributed by atoms with E-state index in [1.54, 1.807) is 0 Å². The summed E-state index contributed by atoms with van der Waals surface area (Å²) in [6, 6.07) is -0.323. The summed E-state index contributed by atoms with van der Waals surface area (Å²) in [6.07, 6.45) is -3.95. The first-order valence-electron chi connectivity index (χ1n) is 5.83. The molecule has 1 aromatic heterocycles. The molecule has 1 aliphatic rings. The minimum absolute atomic E-state index is 0.289. The molecule has 0 aliphatic carbocycles. The van der Waals surface area contributed by atoms with E-state index in [9.17, 15) is 18.3 Å². The van der Waals surface area contributed by atoms with Crippen LogP contribution in [0.5, 0.6) is 0 Å². The molecule has 0 unspecified atom stereocenters. The Morgan fingerprint density at radius 3 is 2.63 bits per heavy atom. The number of β-amino-alcohol motifs (C(OH)–C–C–N with tert-alkyl or cyclic N) is 1. The van der Waals surface area contributed by atoms with E-state index in [-0.39, 0.29) is 11.7 Å². The zero-order valence-corrected chi connectivity index (χ0v) is 10.4. The lowest BCUT2D eigenvalue weighted by Gasteiger charge is -2.16. The Morgan fingerprint density at radius 2 is 2.16 bits per heavy atom. The molecule has 2 heterocycles. The normalized spacial score (nSPS) is 24.9. The van der Waals surface area contributed by atoms with Crippen LogP contribution < -0.4 is 5.73 Å². The van der Waals surface area contributed by atoms with Crippen molar-refractivity contribution in [1.29, 1.82) is 0 Å². The SMILES string of the molecule is Cc1nc(C(F)(F)F)ncc1CN1C[C@@H](N)[C@H](O)C1. The molecule has 0 amide bonds. The molecule has 1 aromatic rings. The van der Waals surface area contributed by atoms with Crippen molar-refractivity contribution < 1.29 is 18.3 Å². The van der Waals surface area contributed by atoms with Crippen molar-refractivity contribution in [3.63, 3.8) is 0 Å². The fourth-order valence-corrected chi connectivity index (χ4v) is 2.05. The number of aliphatic hydroxyl groups excluding tert-OH is 1. The quantitative estimate of drug-likeness (QED) is 0.813. The lowest BCUT2D eigenvalue weighted by Crippen LogP contribution is -2.32. The summed E-state index contributed by atoms with van der Waals surface area (Å²) >= 11 is 0. The smallest absolute Gasteiger partial charge is 0.390 e. The maximum Gasteiger partial charge on any atom is 0.451 e. The van der Waals surface area contributed by atoms with E-state index in [0.29, 0.717) is 25.2 Å². The third kappa shape index (κ3) is 3.20. The molecule has 1 saturated heterocycles. The lowest BCUT2D eigenvalue weighted by atomic mass is 10.2. The van der Waals surface area contributed by atoms with Gasteiger partial charge >= 0.3 is 6.18 Å². The molecule has 0 radical (unpaired) electrons. The monoisotopic (exact) mass is 276 g/mol. The van der Waals surface area contributed by atoms with Crippen molar-refractivity contribution in [3.05, 3.63) is 23.3 Å². The minimum atomic E-state index is -4.53. The molecule has 8 heteroatoms. The molecule has 2 atom stereocenters. The third-order valence-electron chi connectivity index (χ3n) is 3.14. The maximum atomic E-state index is 12.4. The Labute approximate surface area is 108 Å². The molecular weight excluding hydrogens is 261 g/mol. The van der Waals surface area contributed by atoms with E-state index >= 15 is 0 Å². The number of likely N-dealkylation sites (tertiary alicyclic amines) is 1. The predicted molar refractivity (Wildman–Crippen MR) is 61.0 cm³/mol. The van der Waals surface area contributed by atoms with E-state index in [2.05, 4.69) is 9.97 Å². The van der Waals surface area contributed by atoms with Crippen molar-refractivity contribution in [2.75, 3.05) is 13.1 Å². The fourth-order valence-electron chi connectivity index (χ4n) is 2.05. The van der Waals surface area contributed by atoms with Crippen LogP contribution in [0.3, 0.4) is 0 Å². The molecule has 5 nitrogen and oxygen atoms in total. The van der Waals surface area contributed by atoms with Gasteiger partial charge in [-0.05, 0) is 6.92 Å². The van der Waals surface area contributed by atoms with Gasteiger partial charge in [0.1, 0.15) is 0 Å². The molecule has 3 N–H and O–H groups in total. The van der Waals surface area contributed by atoms with Crippen molar-refractivity contribution in [1.82, 2.24) is 14.9 Å². The summed E-state index contributed by atoms with van der Waals surface area (Å²) in [6.45, 7) is 2.80. The van der Waals surface area contributed by atoms with E-state index in [1.165, 1.54) is 13.1 Å². The molecule has 106 valence electrons. The van der Waals surface area contributed by atoms with Crippen LogP contribution in [0.15, 0.2) is 6.20 Å². The molecule has 0 saturated carbocycles. The van der Waals surface area contributed by atoms with E-state index in [0.717, 1.165) is 0 Å². The summed E-state index contributed by atoms with van der Waals surface area (Å²) in [5, 5.41) is 9.52. The zero-order valence-electron chi connectivity index (χ0n) is 10.4. The highest BCUT2D eigenvalue weighted by Crippen LogP contribution is 2.26. The average Bonchev–Trinajstić information content (AvgIpc) is 2.59. The van der Waals surface area contributed by atoms with Gasteiger partial charge in [0.25, 0.3) is 0 Å². The van der Waals surface area contributed by atoms with Crippen LogP contribution in [0.1, 0.15) is 17.1 Å².